The molecular formula is C27H22N8OS. The highest BCUT2D eigenvalue weighted by atomic mass is 32.1. The van der Waals surface area contributed by atoms with E-state index >= 15 is 0 Å². The number of aromatic nitrogens is 6. The molecule has 182 valence electrons. The highest BCUT2D eigenvalue weighted by Gasteiger charge is 2.25. The summed E-state index contributed by atoms with van der Waals surface area (Å²) in [6.45, 7) is 3.15. The van der Waals surface area contributed by atoms with Crippen molar-refractivity contribution < 1.29 is 4.79 Å². The van der Waals surface area contributed by atoms with Crippen molar-refractivity contribution >= 4 is 44.7 Å². The Kier molecular flexibility index (Phi) is 4.91. The number of benzene rings is 1. The fraction of sp³-hybridized carbons (Fsp3) is 0.148. The van der Waals surface area contributed by atoms with Gasteiger partial charge in [-0.25, -0.2) is 4.98 Å². The van der Waals surface area contributed by atoms with E-state index in [0.717, 1.165) is 73.1 Å². The summed E-state index contributed by atoms with van der Waals surface area (Å²) in [6, 6.07) is 14.3. The molecule has 0 bridgehead atoms. The van der Waals surface area contributed by atoms with Crippen LogP contribution in [-0.4, -0.2) is 55.0 Å². The third kappa shape index (κ3) is 3.69. The fourth-order valence-corrected chi connectivity index (χ4v) is 5.70. The maximum atomic E-state index is 11.8. The molecule has 0 aliphatic carbocycles. The quantitative estimate of drug-likeness (QED) is 0.290. The first-order valence-corrected chi connectivity index (χ1v) is 12.8. The van der Waals surface area contributed by atoms with Crippen molar-refractivity contribution in [3.8, 4) is 33.2 Å². The molecule has 0 atom stereocenters. The van der Waals surface area contributed by atoms with Crippen LogP contribution in [-0.2, 0) is 0 Å². The number of nitrogens with two attached hydrogens (primary N) is 1. The largest absolute Gasteiger partial charge is 0.353 e. The monoisotopic (exact) mass is 506 g/mol. The number of hydrogen-bond donors (Lipinski definition) is 3. The highest BCUT2D eigenvalue weighted by Crippen LogP contribution is 2.37. The standard InChI is InChI=1S/C27H22N8OS/c1-14(36)24-5-6-25(37-24)16-3-2-4-19-17(16)7-21(31-19)27-18-8-20(30-10-22(18)33-34-27)23-9-29-11-26(32-23)35-12-15(28)13-35/h2-11,15,31H,12-13,28H2,1H3,(H,33,34). The van der Waals surface area contributed by atoms with E-state index in [1.54, 1.807) is 25.5 Å². The van der Waals surface area contributed by atoms with E-state index in [1.165, 1.54) is 11.3 Å². The van der Waals surface area contributed by atoms with Gasteiger partial charge in [0.05, 0.1) is 40.4 Å². The van der Waals surface area contributed by atoms with Crippen molar-refractivity contribution in [2.24, 2.45) is 5.73 Å². The molecule has 37 heavy (non-hydrogen) atoms. The van der Waals surface area contributed by atoms with Gasteiger partial charge in [-0.15, -0.1) is 11.3 Å². The molecule has 1 aromatic carbocycles. The molecule has 0 amide bonds. The third-order valence-corrected chi connectivity index (χ3v) is 7.92. The molecule has 5 aromatic heterocycles. The molecule has 0 unspecified atom stereocenters. The van der Waals surface area contributed by atoms with Crippen molar-refractivity contribution in [3.63, 3.8) is 0 Å². The average Bonchev–Trinajstić information content (AvgIpc) is 3.64. The molecule has 0 radical (unpaired) electrons. The molecule has 1 saturated heterocycles. The molecule has 0 spiro atoms. The summed E-state index contributed by atoms with van der Waals surface area (Å²) in [5.74, 6) is 0.882. The lowest BCUT2D eigenvalue weighted by atomic mass is 10.1. The van der Waals surface area contributed by atoms with Crippen molar-refractivity contribution in [3.05, 3.63) is 65.9 Å². The zero-order valence-electron chi connectivity index (χ0n) is 19.9. The van der Waals surface area contributed by atoms with Gasteiger partial charge in [0.2, 0.25) is 0 Å². The number of nitrogens with one attached hydrogen (secondary N) is 2. The lowest BCUT2D eigenvalue weighted by Crippen LogP contribution is -2.56. The van der Waals surface area contributed by atoms with Crippen molar-refractivity contribution in [1.82, 2.24) is 30.1 Å². The number of Topliss-reactive ketones (excluding diaryl/α,β-unsaturated/α-hetero) is 1. The van der Waals surface area contributed by atoms with Crippen LogP contribution in [0, 0.1) is 0 Å². The van der Waals surface area contributed by atoms with Gasteiger partial charge in [-0.2, -0.15) is 5.10 Å². The molecule has 10 heteroatoms. The number of hydrogen-bond acceptors (Lipinski definition) is 8. The van der Waals surface area contributed by atoms with Crippen molar-refractivity contribution in [2.75, 3.05) is 18.0 Å². The number of fused-ring (bicyclic) bond motifs is 2. The Morgan fingerprint density at radius 1 is 1.05 bits per heavy atom. The van der Waals surface area contributed by atoms with E-state index in [2.05, 4.69) is 42.2 Å². The number of thiophene rings is 1. The molecule has 4 N–H and O–H groups in total. The van der Waals surface area contributed by atoms with E-state index < -0.39 is 0 Å². The maximum Gasteiger partial charge on any atom is 0.169 e. The molecule has 6 heterocycles. The number of carbonyl (C=O) groups is 1. The van der Waals surface area contributed by atoms with Gasteiger partial charge < -0.3 is 15.6 Å². The number of aromatic amines is 2. The Hall–Kier alpha value is -4.41. The van der Waals surface area contributed by atoms with Gasteiger partial charge in [-0.05, 0) is 37.3 Å². The predicted octanol–water partition coefficient (Wildman–Crippen LogP) is 4.64. The van der Waals surface area contributed by atoms with Gasteiger partial charge in [-0.1, -0.05) is 12.1 Å². The smallest absolute Gasteiger partial charge is 0.169 e. The van der Waals surface area contributed by atoms with Crippen LogP contribution >= 0.6 is 11.3 Å². The van der Waals surface area contributed by atoms with Crippen LogP contribution in [0.4, 0.5) is 5.82 Å². The molecule has 1 aliphatic heterocycles. The van der Waals surface area contributed by atoms with Gasteiger partial charge in [-0.3, -0.25) is 19.9 Å². The number of rotatable bonds is 5. The van der Waals surface area contributed by atoms with Crippen LogP contribution < -0.4 is 10.6 Å². The van der Waals surface area contributed by atoms with E-state index in [-0.39, 0.29) is 11.8 Å². The van der Waals surface area contributed by atoms with Gasteiger partial charge in [0.25, 0.3) is 0 Å². The number of nitrogens with zero attached hydrogens (tertiary/aromatic N) is 5. The number of carbonyl (C=O) groups excluding carboxylic acids is 1. The van der Waals surface area contributed by atoms with Crippen LogP contribution in [0.2, 0.25) is 0 Å². The predicted molar refractivity (Wildman–Crippen MR) is 146 cm³/mol. The second kappa shape index (κ2) is 8.32. The Morgan fingerprint density at radius 3 is 2.76 bits per heavy atom. The maximum absolute atomic E-state index is 11.8. The summed E-state index contributed by atoms with van der Waals surface area (Å²) >= 11 is 1.51. The normalized spacial score (nSPS) is 13.9. The molecule has 6 aromatic rings. The van der Waals surface area contributed by atoms with E-state index in [0.29, 0.717) is 5.69 Å². The second-order valence-electron chi connectivity index (χ2n) is 9.28. The topological polar surface area (TPSA) is 129 Å². The first-order chi connectivity index (χ1) is 18.0. The van der Waals surface area contributed by atoms with E-state index in [9.17, 15) is 4.79 Å². The zero-order valence-corrected chi connectivity index (χ0v) is 20.7. The number of pyridine rings is 1. The van der Waals surface area contributed by atoms with Crippen LogP contribution in [0.5, 0.6) is 0 Å². The van der Waals surface area contributed by atoms with Gasteiger partial charge >= 0.3 is 0 Å². The average molecular weight is 507 g/mol. The highest BCUT2D eigenvalue weighted by molar-refractivity contribution is 7.17. The van der Waals surface area contributed by atoms with Crippen molar-refractivity contribution in [2.45, 2.75) is 13.0 Å². The summed E-state index contributed by atoms with van der Waals surface area (Å²) in [6.07, 6.45) is 5.26. The minimum Gasteiger partial charge on any atom is -0.353 e. The molecular weight excluding hydrogens is 484 g/mol. The van der Waals surface area contributed by atoms with Gasteiger partial charge in [0.15, 0.2) is 5.78 Å². The first kappa shape index (κ1) is 21.8. The van der Waals surface area contributed by atoms with Gasteiger partial charge in [0, 0.05) is 45.9 Å². The SMILES string of the molecule is CC(=O)c1ccc(-c2cccc3[nH]c(-c4n[nH]c5cnc(-c6cncc(N7CC(N)C7)n6)cc45)cc23)s1. The van der Waals surface area contributed by atoms with Gasteiger partial charge in [0.1, 0.15) is 17.2 Å². The first-order valence-electron chi connectivity index (χ1n) is 11.9. The minimum absolute atomic E-state index is 0.0780. The summed E-state index contributed by atoms with van der Waals surface area (Å²) in [4.78, 5) is 33.0. The molecule has 1 aliphatic rings. The summed E-state index contributed by atoms with van der Waals surface area (Å²) in [5, 5.41) is 9.72. The van der Waals surface area contributed by atoms with Crippen LogP contribution in [0.1, 0.15) is 16.6 Å². The fourth-order valence-electron chi connectivity index (χ4n) is 4.76. The molecule has 0 saturated carbocycles. The minimum atomic E-state index is 0.0780. The lowest BCUT2D eigenvalue weighted by molar-refractivity contribution is 0.102. The van der Waals surface area contributed by atoms with Crippen LogP contribution in [0.15, 0.2) is 61.1 Å². The molecule has 7 rings (SSSR count). The van der Waals surface area contributed by atoms with E-state index in [4.69, 9.17) is 10.7 Å². The summed E-state index contributed by atoms with van der Waals surface area (Å²) < 4.78 is 0. The van der Waals surface area contributed by atoms with Crippen LogP contribution in [0.3, 0.4) is 0 Å². The summed E-state index contributed by atoms with van der Waals surface area (Å²) in [7, 11) is 0. The Balaban J connectivity index is 1.29. The molecule has 9 nitrogen and oxygen atoms in total. The number of ketones is 1. The molecule has 1 fully saturated rings. The third-order valence-electron chi connectivity index (χ3n) is 6.70. The second-order valence-corrected chi connectivity index (χ2v) is 10.4. The zero-order chi connectivity index (χ0) is 25.1. The van der Waals surface area contributed by atoms with Crippen molar-refractivity contribution in [1.29, 1.82) is 0 Å². The Labute approximate surface area is 215 Å². The Bertz CT molecular complexity index is 1810. The van der Waals surface area contributed by atoms with E-state index in [1.807, 2.05) is 30.3 Å². The summed E-state index contributed by atoms with van der Waals surface area (Å²) in [5.41, 5.74) is 12.0. The Morgan fingerprint density at radius 2 is 1.95 bits per heavy atom. The number of anilines is 1. The lowest BCUT2D eigenvalue weighted by Gasteiger charge is -2.37. The van der Waals surface area contributed by atoms with Crippen LogP contribution in [0.25, 0.3) is 55.0 Å². The number of H-pyrrole nitrogens is 2.